The van der Waals surface area contributed by atoms with E-state index in [0.717, 1.165) is 24.1 Å². The van der Waals surface area contributed by atoms with Crippen molar-refractivity contribution in [3.05, 3.63) is 59.9 Å². The number of para-hydroxylation sites is 1. The Morgan fingerprint density at radius 2 is 1.73 bits per heavy atom. The molecule has 4 aliphatic rings. The van der Waals surface area contributed by atoms with Crippen molar-refractivity contribution in [2.24, 2.45) is 11.8 Å². The average molecular weight is 405 g/mol. The Labute approximate surface area is 172 Å². The van der Waals surface area contributed by atoms with Crippen molar-refractivity contribution in [3.63, 3.8) is 0 Å². The lowest BCUT2D eigenvalue weighted by molar-refractivity contribution is -0.136. The second-order valence-corrected chi connectivity index (χ2v) is 8.54. The third kappa shape index (κ3) is 1.85. The van der Waals surface area contributed by atoms with Crippen molar-refractivity contribution in [2.75, 3.05) is 23.4 Å². The summed E-state index contributed by atoms with van der Waals surface area (Å²) in [6.07, 6.45) is 1.66. The fourth-order valence-corrected chi connectivity index (χ4v) is 6.29. The number of benzene rings is 2. The van der Waals surface area contributed by atoms with Crippen LogP contribution in [0.1, 0.15) is 18.4 Å². The molecule has 0 saturated carbocycles. The minimum absolute atomic E-state index is 0.148. The number of imide groups is 1. The summed E-state index contributed by atoms with van der Waals surface area (Å²) in [6, 6.07) is 12.8. The van der Waals surface area contributed by atoms with Gasteiger partial charge in [-0.1, -0.05) is 18.2 Å². The van der Waals surface area contributed by atoms with Crippen molar-refractivity contribution >= 4 is 29.1 Å². The second kappa shape index (κ2) is 5.76. The zero-order valence-corrected chi connectivity index (χ0v) is 16.4. The third-order valence-corrected chi connectivity index (χ3v) is 7.36. The Bertz CT molecular complexity index is 1120. The van der Waals surface area contributed by atoms with Gasteiger partial charge in [-0.2, -0.15) is 0 Å². The van der Waals surface area contributed by atoms with E-state index in [-0.39, 0.29) is 23.8 Å². The molecule has 0 bridgehead atoms. The summed E-state index contributed by atoms with van der Waals surface area (Å²) >= 11 is 0. The zero-order valence-electron chi connectivity index (χ0n) is 16.4. The van der Waals surface area contributed by atoms with Gasteiger partial charge in [-0.25, -0.2) is 9.29 Å². The number of likely N-dealkylation sites (N-methyl/N-ethyl adjacent to an activating group) is 1. The summed E-state index contributed by atoms with van der Waals surface area (Å²) < 4.78 is 13.4. The van der Waals surface area contributed by atoms with Gasteiger partial charge in [-0.15, -0.1) is 0 Å². The van der Waals surface area contributed by atoms with Gasteiger partial charge >= 0.3 is 0 Å². The molecular formula is C23H20FN3O3. The standard InChI is InChI=1S/C23H20FN3O3/c1-25-16-6-3-2-5-15(16)23(22(25)30)19-18(17-7-4-12-26(17)23)20(28)27(21(19)29)14-10-8-13(24)9-11-14/h2-3,5-6,8-11,17-19H,4,7,12H2,1H3. The van der Waals surface area contributed by atoms with Crippen LogP contribution in [0.4, 0.5) is 15.8 Å². The predicted molar refractivity (Wildman–Crippen MR) is 107 cm³/mol. The number of halogens is 1. The van der Waals surface area contributed by atoms with Crippen LogP contribution in [-0.2, 0) is 19.9 Å². The largest absolute Gasteiger partial charge is 0.313 e. The first-order valence-corrected chi connectivity index (χ1v) is 10.3. The van der Waals surface area contributed by atoms with Crippen molar-refractivity contribution in [1.29, 1.82) is 0 Å². The monoisotopic (exact) mass is 405 g/mol. The quantitative estimate of drug-likeness (QED) is 0.683. The highest BCUT2D eigenvalue weighted by molar-refractivity contribution is 6.26. The van der Waals surface area contributed by atoms with Crippen LogP contribution in [0.5, 0.6) is 0 Å². The van der Waals surface area contributed by atoms with Crippen molar-refractivity contribution in [2.45, 2.75) is 24.4 Å². The van der Waals surface area contributed by atoms with Gasteiger partial charge in [0.2, 0.25) is 11.8 Å². The van der Waals surface area contributed by atoms with Crippen LogP contribution in [0.2, 0.25) is 0 Å². The molecule has 1 spiro atoms. The number of fused-ring (bicyclic) bond motifs is 7. The Balaban J connectivity index is 1.57. The molecule has 30 heavy (non-hydrogen) atoms. The van der Waals surface area contributed by atoms with Crippen LogP contribution >= 0.6 is 0 Å². The SMILES string of the molecule is CN1C(=O)C2(c3ccccc31)C1C(=O)N(c3ccc(F)cc3)C(=O)C1C1CCCN12. The zero-order chi connectivity index (χ0) is 20.8. The topological polar surface area (TPSA) is 60.9 Å². The summed E-state index contributed by atoms with van der Waals surface area (Å²) in [5.74, 6) is -2.59. The minimum atomic E-state index is -1.15. The number of carbonyl (C=O) groups excluding carboxylic acids is 3. The summed E-state index contributed by atoms with van der Waals surface area (Å²) in [7, 11) is 1.73. The summed E-state index contributed by atoms with van der Waals surface area (Å²) in [6.45, 7) is 0.683. The summed E-state index contributed by atoms with van der Waals surface area (Å²) in [5, 5.41) is 0. The number of rotatable bonds is 1. The van der Waals surface area contributed by atoms with E-state index in [0.29, 0.717) is 12.2 Å². The molecule has 7 heteroatoms. The highest BCUT2D eigenvalue weighted by atomic mass is 19.1. The van der Waals surface area contributed by atoms with Crippen LogP contribution in [-0.4, -0.2) is 42.3 Å². The van der Waals surface area contributed by atoms with Gasteiger partial charge in [0, 0.05) is 24.3 Å². The minimum Gasteiger partial charge on any atom is -0.313 e. The smallest absolute Gasteiger partial charge is 0.252 e. The fourth-order valence-electron chi connectivity index (χ4n) is 6.29. The lowest BCUT2D eigenvalue weighted by Crippen LogP contribution is -2.55. The van der Waals surface area contributed by atoms with Crippen LogP contribution < -0.4 is 9.80 Å². The maximum Gasteiger partial charge on any atom is 0.252 e. The molecule has 0 radical (unpaired) electrons. The molecule has 4 aliphatic heterocycles. The number of hydrogen-bond acceptors (Lipinski definition) is 4. The Hall–Kier alpha value is -3.06. The van der Waals surface area contributed by atoms with Gasteiger partial charge in [0.25, 0.3) is 5.91 Å². The van der Waals surface area contributed by atoms with Crippen molar-refractivity contribution < 1.29 is 18.8 Å². The van der Waals surface area contributed by atoms with Gasteiger partial charge < -0.3 is 4.90 Å². The van der Waals surface area contributed by atoms with E-state index in [1.807, 2.05) is 24.3 Å². The molecule has 2 aromatic carbocycles. The first-order valence-electron chi connectivity index (χ1n) is 10.3. The number of anilines is 2. The van der Waals surface area contributed by atoms with Crippen molar-refractivity contribution in [1.82, 2.24) is 4.90 Å². The molecule has 6 rings (SSSR count). The Morgan fingerprint density at radius 3 is 2.50 bits per heavy atom. The third-order valence-electron chi connectivity index (χ3n) is 7.36. The lowest BCUT2D eigenvalue weighted by atomic mass is 9.75. The molecule has 2 aromatic rings. The molecule has 3 fully saturated rings. The molecule has 3 saturated heterocycles. The van der Waals surface area contributed by atoms with Gasteiger partial charge in [0.15, 0.2) is 0 Å². The molecular weight excluding hydrogens is 385 g/mol. The number of carbonyl (C=O) groups is 3. The Kier molecular flexibility index (Phi) is 3.41. The highest BCUT2D eigenvalue weighted by Crippen LogP contribution is 2.61. The normalized spacial score (nSPS) is 32.3. The van der Waals surface area contributed by atoms with E-state index in [9.17, 15) is 18.8 Å². The molecule has 6 nitrogen and oxygen atoms in total. The van der Waals surface area contributed by atoms with E-state index < -0.39 is 23.2 Å². The van der Waals surface area contributed by atoms with Crippen LogP contribution in [0.15, 0.2) is 48.5 Å². The van der Waals surface area contributed by atoms with Gasteiger partial charge in [-0.05, 0) is 49.7 Å². The van der Waals surface area contributed by atoms with E-state index in [4.69, 9.17) is 0 Å². The number of nitrogens with zero attached hydrogens (tertiary/aromatic N) is 3. The molecule has 152 valence electrons. The van der Waals surface area contributed by atoms with E-state index in [1.54, 1.807) is 11.9 Å². The van der Waals surface area contributed by atoms with Crippen molar-refractivity contribution in [3.8, 4) is 0 Å². The lowest BCUT2D eigenvalue weighted by Gasteiger charge is -2.37. The molecule has 4 atom stereocenters. The maximum atomic E-state index is 13.8. The van der Waals surface area contributed by atoms with Crippen LogP contribution in [0, 0.1) is 17.7 Å². The number of amides is 3. The first kappa shape index (κ1) is 17.8. The molecule has 4 heterocycles. The summed E-state index contributed by atoms with van der Waals surface area (Å²) in [4.78, 5) is 45.9. The second-order valence-electron chi connectivity index (χ2n) is 8.54. The first-order chi connectivity index (χ1) is 14.5. The highest BCUT2D eigenvalue weighted by Gasteiger charge is 2.75. The Morgan fingerprint density at radius 1 is 1.00 bits per heavy atom. The van der Waals surface area contributed by atoms with Gasteiger partial charge in [0.05, 0.1) is 17.5 Å². The average Bonchev–Trinajstić information content (AvgIpc) is 3.44. The van der Waals surface area contributed by atoms with E-state index >= 15 is 0 Å². The molecule has 0 aromatic heterocycles. The van der Waals surface area contributed by atoms with E-state index in [1.165, 1.54) is 29.2 Å². The molecule has 0 aliphatic carbocycles. The van der Waals surface area contributed by atoms with Gasteiger partial charge in [0.1, 0.15) is 11.4 Å². The molecule has 0 N–H and O–H groups in total. The number of hydrogen-bond donors (Lipinski definition) is 0. The maximum absolute atomic E-state index is 13.8. The van der Waals surface area contributed by atoms with Gasteiger partial charge in [-0.3, -0.25) is 19.3 Å². The molecule has 3 amide bonds. The molecule has 4 unspecified atom stereocenters. The van der Waals surface area contributed by atoms with Crippen LogP contribution in [0.3, 0.4) is 0 Å². The van der Waals surface area contributed by atoms with Crippen LogP contribution in [0.25, 0.3) is 0 Å². The predicted octanol–water partition coefficient (Wildman–Crippen LogP) is 2.28. The fraction of sp³-hybridized carbons (Fsp3) is 0.348. The van der Waals surface area contributed by atoms with E-state index in [2.05, 4.69) is 4.90 Å². The summed E-state index contributed by atoms with van der Waals surface area (Å²) in [5.41, 5.74) is 0.791.